The standard InChI is InChI=1S/C13H13FN4O/c1-8-15-12(13(19)16-10-4-5-10)17-18(8)11-6-2-9(14)3-7-11/h2-3,6-7,10H,4-5H2,1H3,(H,16,19). The first-order valence-corrected chi connectivity index (χ1v) is 6.14. The molecule has 1 aromatic carbocycles. The minimum absolute atomic E-state index is 0.147. The molecule has 0 spiro atoms. The van der Waals surface area contributed by atoms with E-state index >= 15 is 0 Å². The lowest BCUT2D eigenvalue weighted by molar-refractivity contribution is 0.0940. The minimum atomic E-state index is -0.312. The SMILES string of the molecule is Cc1nc(C(=O)NC2CC2)nn1-c1ccc(F)cc1. The number of halogens is 1. The van der Waals surface area contributed by atoms with Gasteiger partial charge in [-0.3, -0.25) is 4.79 Å². The number of carbonyl (C=O) groups is 1. The average Bonchev–Trinajstić information content (AvgIpc) is 3.11. The molecule has 1 aliphatic rings. The molecule has 0 unspecified atom stereocenters. The van der Waals surface area contributed by atoms with Crippen LogP contribution in [0.4, 0.5) is 4.39 Å². The molecule has 1 N–H and O–H groups in total. The van der Waals surface area contributed by atoms with Crippen molar-refractivity contribution >= 4 is 5.91 Å². The normalized spacial score (nSPS) is 14.4. The molecule has 0 radical (unpaired) electrons. The van der Waals surface area contributed by atoms with Crippen molar-refractivity contribution in [3.05, 3.63) is 41.7 Å². The molecular weight excluding hydrogens is 247 g/mol. The van der Waals surface area contributed by atoms with Gasteiger partial charge in [-0.15, -0.1) is 5.10 Å². The van der Waals surface area contributed by atoms with Crippen LogP contribution in [0.1, 0.15) is 29.3 Å². The van der Waals surface area contributed by atoms with Crippen LogP contribution in [0, 0.1) is 12.7 Å². The van der Waals surface area contributed by atoms with Crippen molar-refractivity contribution in [2.24, 2.45) is 0 Å². The number of carbonyl (C=O) groups excluding carboxylic acids is 1. The largest absolute Gasteiger partial charge is 0.347 e. The van der Waals surface area contributed by atoms with E-state index in [1.807, 2.05) is 0 Å². The molecule has 1 heterocycles. The number of rotatable bonds is 3. The van der Waals surface area contributed by atoms with E-state index in [1.54, 1.807) is 19.1 Å². The Bertz CT molecular complexity index is 616. The molecule has 6 heteroatoms. The Morgan fingerprint density at radius 1 is 1.37 bits per heavy atom. The Morgan fingerprint density at radius 2 is 2.05 bits per heavy atom. The molecule has 2 aromatic rings. The lowest BCUT2D eigenvalue weighted by Gasteiger charge is -2.01. The van der Waals surface area contributed by atoms with Gasteiger partial charge in [0, 0.05) is 6.04 Å². The first kappa shape index (κ1) is 11.8. The van der Waals surface area contributed by atoms with Crippen LogP contribution in [-0.2, 0) is 0 Å². The number of aromatic nitrogens is 3. The molecule has 3 rings (SSSR count). The Labute approximate surface area is 109 Å². The van der Waals surface area contributed by atoms with Gasteiger partial charge in [-0.1, -0.05) is 0 Å². The number of nitrogens with one attached hydrogen (secondary N) is 1. The van der Waals surface area contributed by atoms with E-state index in [0.29, 0.717) is 11.5 Å². The van der Waals surface area contributed by atoms with Gasteiger partial charge >= 0.3 is 0 Å². The summed E-state index contributed by atoms with van der Waals surface area (Å²) in [7, 11) is 0. The molecule has 0 aliphatic heterocycles. The third-order valence-electron chi connectivity index (χ3n) is 2.96. The van der Waals surface area contributed by atoms with Crippen LogP contribution in [-0.4, -0.2) is 26.7 Å². The molecule has 0 bridgehead atoms. The highest BCUT2D eigenvalue weighted by atomic mass is 19.1. The summed E-state index contributed by atoms with van der Waals surface area (Å²) in [6.45, 7) is 1.75. The molecule has 0 atom stereocenters. The van der Waals surface area contributed by atoms with Gasteiger partial charge in [0.15, 0.2) is 0 Å². The first-order chi connectivity index (χ1) is 9.13. The lowest BCUT2D eigenvalue weighted by Crippen LogP contribution is -2.26. The quantitative estimate of drug-likeness (QED) is 0.912. The molecule has 5 nitrogen and oxygen atoms in total. The maximum Gasteiger partial charge on any atom is 0.291 e. The predicted molar refractivity (Wildman–Crippen MR) is 66.5 cm³/mol. The summed E-state index contributed by atoms with van der Waals surface area (Å²) in [6.07, 6.45) is 2.03. The fourth-order valence-corrected chi connectivity index (χ4v) is 1.79. The fourth-order valence-electron chi connectivity index (χ4n) is 1.79. The zero-order valence-electron chi connectivity index (χ0n) is 10.4. The number of hydrogen-bond donors (Lipinski definition) is 1. The van der Waals surface area contributed by atoms with Gasteiger partial charge < -0.3 is 5.32 Å². The number of hydrogen-bond acceptors (Lipinski definition) is 3. The molecule has 1 saturated carbocycles. The maximum atomic E-state index is 12.9. The van der Waals surface area contributed by atoms with Gasteiger partial charge in [-0.25, -0.2) is 14.1 Å². The Hall–Kier alpha value is -2.24. The van der Waals surface area contributed by atoms with Crippen LogP contribution in [0.3, 0.4) is 0 Å². The molecule has 1 amide bonds. The summed E-state index contributed by atoms with van der Waals surface area (Å²) < 4.78 is 14.4. The van der Waals surface area contributed by atoms with Crippen molar-refractivity contribution in [2.45, 2.75) is 25.8 Å². The highest BCUT2D eigenvalue weighted by Crippen LogP contribution is 2.19. The van der Waals surface area contributed by atoms with Crippen LogP contribution in [0.15, 0.2) is 24.3 Å². The molecule has 1 aliphatic carbocycles. The van der Waals surface area contributed by atoms with Gasteiger partial charge in [-0.05, 0) is 44.0 Å². The number of aryl methyl sites for hydroxylation is 1. The van der Waals surface area contributed by atoms with Crippen molar-refractivity contribution in [3.63, 3.8) is 0 Å². The van der Waals surface area contributed by atoms with Gasteiger partial charge in [0.1, 0.15) is 11.6 Å². The monoisotopic (exact) mass is 260 g/mol. The molecule has 1 aromatic heterocycles. The average molecular weight is 260 g/mol. The fraction of sp³-hybridized carbons (Fsp3) is 0.308. The van der Waals surface area contributed by atoms with E-state index in [9.17, 15) is 9.18 Å². The first-order valence-electron chi connectivity index (χ1n) is 6.14. The Kier molecular flexibility index (Phi) is 2.77. The van der Waals surface area contributed by atoms with Crippen molar-refractivity contribution in [1.29, 1.82) is 0 Å². The summed E-state index contributed by atoms with van der Waals surface area (Å²) >= 11 is 0. The number of benzene rings is 1. The van der Waals surface area contributed by atoms with E-state index in [4.69, 9.17) is 0 Å². The Morgan fingerprint density at radius 3 is 2.68 bits per heavy atom. The number of amides is 1. The van der Waals surface area contributed by atoms with Gasteiger partial charge in [-0.2, -0.15) is 0 Å². The van der Waals surface area contributed by atoms with Crippen molar-refractivity contribution in [2.75, 3.05) is 0 Å². The zero-order valence-corrected chi connectivity index (χ0v) is 10.4. The summed E-state index contributed by atoms with van der Waals surface area (Å²) in [5.41, 5.74) is 0.678. The van der Waals surface area contributed by atoms with Crippen LogP contribution in [0.2, 0.25) is 0 Å². The molecule has 0 saturated heterocycles. The summed E-state index contributed by atoms with van der Waals surface area (Å²) in [6, 6.07) is 6.16. The zero-order chi connectivity index (χ0) is 13.4. The second-order valence-electron chi connectivity index (χ2n) is 4.62. The maximum absolute atomic E-state index is 12.9. The van der Waals surface area contributed by atoms with Gasteiger partial charge in [0.05, 0.1) is 5.69 Å². The minimum Gasteiger partial charge on any atom is -0.347 e. The third-order valence-corrected chi connectivity index (χ3v) is 2.96. The second kappa shape index (κ2) is 4.46. The third kappa shape index (κ3) is 2.47. The predicted octanol–water partition coefficient (Wildman–Crippen LogP) is 1.61. The van der Waals surface area contributed by atoms with Crippen LogP contribution in [0.5, 0.6) is 0 Å². The molecule has 1 fully saturated rings. The lowest BCUT2D eigenvalue weighted by atomic mass is 10.3. The van der Waals surface area contributed by atoms with Crippen molar-refractivity contribution in [1.82, 2.24) is 20.1 Å². The molecule has 98 valence electrons. The highest BCUT2D eigenvalue weighted by molar-refractivity contribution is 5.90. The summed E-state index contributed by atoms with van der Waals surface area (Å²) in [5, 5.41) is 7.00. The van der Waals surface area contributed by atoms with Crippen LogP contribution < -0.4 is 5.32 Å². The van der Waals surface area contributed by atoms with Crippen molar-refractivity contribution in [3.8, 4) is 5.69 Å². The highest BCUT2D eigenvalue weighted by Gasteiger charge is 2.26. The van der Waals surface area contributed by atoms with Gasteiger partial charge in [0.2, 0.25) is 5.82 Å². The van der Waals surface area contributed by atoms with E-state index in [-0.39, 0.29) is 23.6 Å². The second-order valence-corrected chi connectivity index (χ2v) is 4.62. The smallest absolute Gasteiger partial charge is 0.291 e. The van der Waals surface area contributed by atoms with Crippen LogP contribution in [0.25, 0.3) is 5.69 Å². The Balaban J connectivity index is 1.87. The summed E-state index contributed by atoms with van der Waals surface area (Å²) in [4.78, 5) is 16.0. The topological polar surface area (TPSA) is 59.8 Å². The van der Waals surface area contributed by atoms with E-state index in [0.717, 1.165) is 12.8 Å². The van der Waals surface area contributed by atoms with Gasteiger partial charge in [0.25, 0.3) is 5.91 Å². The van der Waals surface area contributed by atoms with E-state index in [2.05, 4.69) is 15.4 Å². The van der Waals surface area contributed by atoms with Crippen LogP contribution >= 0.6 is 0 Å². The molecule has 19 heavy (non-hydrogen) atoms. The van der Waals surface area contributed by atoms with E-state index < -0.39 is 0 Å². The van der Waals surface area contributed by atoms with Crippen molar-refractivity contribution < 1.29 is 9.18 Å². The number of nitrogens with zero attached hydrogens (tertiary/aromatic N) is 3. The van der Waals surface area contributed by atoms with E-state index in [1.165, 1.54) is 16.8 Å². The molecular formula is C13H13FN4O. The summed E-state index contributed by atoms with van der Waals surface area (Å²) in [5.74, 6) is 0.168.